The largest absolute Gasteiger partial charge is 0.316 e. The minimum Gasteiger partial charge on any atom is -0.316 e. The van der Waals surface area contributed by atoms with Crippen molar-refractivity contribution in [1.82, 2.24) is 9.55 Å². The molecule has 0 aliphatic rings. The van der Waals surface area contributed by atoms with E-state index in [-0.39, 0.29) is 5.78 Å². The summed E-state index contributed by atoms with van der Waals surface area (Å²) in [5.74, 6) is -0.0244. The van der Waals surface area contributed by atoms with E-state index in [1.165, 1.54) is 0 Å². The molecular weight excluding hydrogens is 488 g/mol. The maximum Gasteiger partial charge on any atom is 0.186 e. The molecule has 5 aromatic carbocycles. The zero-order valence-corrected chi connectivity index (χ0v) is 22.7. The van der Waals surface area contributed by atoms with Crippen LogP contribution in [0.25, 0.3) is 16.8 Å². The number of hydrogen-bond acceptors (Lipinski definition) is 2. The summed E-state index contributed by atoms with van der Waals surface area (Å²) in [6.45, 7) is 4.06. The molecule has 0 N–H and O–H groups in total. The standard InChI is InChI=1S/C37H30N2O/c1-27-22-23-29-14-12-13-21-33(29)36(27)35(40)25-24-34-28(2)39(26-38-34)37(30-15-6-3-7-16-30,31-17-8-4-9-18-31)32-19-10-5-11-20-32/h3-26H,1-2H3/b25-24+. The van der Waals surface area contributed by atoms with Gasteiger partial charge in [-0.05, 0) is 59.0 Å². The van der Waals surface area contributed by atoms with E-state index in [2.05, 4.69) is 90.4 Å². The highest BCUT2D eigenvalue weighted by Gasteiger charge is 2.39. The zero-order chi connectivity index (χ0) is 27.5. The fourth-order valence-electron chi connectivity index (χ4n) is 5.83. The number of aromatic nitrogens is 2. The van der Waals surface area contributed by atoms with Gasteiger partial charge >= 0.3 is 0 Å². The van der Waals surface area contributed by atoms with Crippen LogP contribution in [0.4, 0.5) is 0 Å². The number of aryl methyl sites for hydroxylation is 1. The van der Waals surface area contributed by atoms with E-state index < -0.39 is 5.54 Å². The molecule has 0 bridgehead atoms. The van der Waals surface area contributed by atoms with Crippen LogP contribution in [0.3, 0.4) is 0 Å². The molecule has 0 atom stereocenters. The van der Waals surface area contributed by atoms with Crippen molar-refractivity contribution in [2.75, 3.05) is 0 Å². The minimum atomic E-state index is -0.650. The van der Waals surface area contributed by atoms with E-state index in [1.807, 2.05) is 67.9 Å². The Morgan fingerprint density at radius 1 is 0.675 bits per heavy atom. The summed E-state index contributed by atoms with van der Waals surface area (Å²) in [4.78, 5) is 18.3. The summed E-state index contributed by atoms with van der Waals surface area (Å²) in [6, 6.07) is 43.7. The van der Waals surface area contributed by atoms with E-state index in [9.17, 15) is 4.79 Å². The van der Waals surface area contributed by atoms with Gasteiger partial charge in [-0.1, -0.05) is 127 Å². The van der Waals surface area contributed by atoms with Crippen LogP contribution in [-0.2, 0) is 5.54 Å². The molecule has 0 aliphatic carbocycles. The van der Waals surface area contributed by atoms with Gasteiger partial charge in [0.25, 0.3) is 0 Å². The Kier molecular flexibility index (Phi) is 6.71. The minimum absolute atomic E-state index is 0.0244. The van der Waals surface area contributed by atoms with Gasteiger partial charge in [0, 0.05) is 11.3 Å². The fourth-order valence-corrected chi connectivity index (χ4v) is 5.83. The van der Waals surface area contributed by atoms with Crippen molar-refractivity contribution in [3.05, 3.63) is 179 Å². The lowest BCUT2D eigenvalue weighted by Crippen LogP contribution is -2.38. The SMILES string of the molecule is Cc1ccc2ccccc2c1C(=O)/C=C/c1ncn(C(c2ccccc2)(c2ccccc2)c2ccccc2)c1C. The second-order valence-electron chi connectivity index (χ2n) is 10.1. The van der Waals surface area contributed by atoms with Crippen molar-refractivity contribution >= 4 is 22.6 Å². The molecule has 6 rings (SSSR count). The Balaban J connectivity index is 1.50. The van der Waals surface area contributed by atoms with Gasteiger partial charge in [-0.2, -0.15) is 0 Å². The van der Waals surface area contributed by atoms with Gasteiger partial charge in [0.05, 0.1) is 12.0 Å². The number of allylic oxidation sites excluding steroid dienone is 1. The van der Waals surface area contributed by atoms with Crippen molar-refractivity contribution in [2.45, 2.75) is 19.4 Å². The van der Waals surface area contributed by atoms with Crippen molar-refractivity contribution in [1.29, 1.82) is 0 Å². The first kappa shape index (κ1) is 25.3. The third-order valence-electron chi connectivity index (χ3n) is 7.76. The molecule has 0 aliphatic heterocycles. The number of hydrogen-bond donors (Lipinski definition) is 0. The molecule has 40 heavy (non-hydrogen) atoms. The van der Waals surface area contributed by atoms with Crippen LogP contribution in [0.5, 0.6) is 0 Å². The zero-order valence-electron chi connectivity index (χ0n) is 22.7. The quantitative estimate of drug-likeness (QED) is 0.121. The molecule has 0 radical (unpaired) electrons. The molecule has 3 heteroatoms. The molecule has 3 nitrogen and oxygen atoms in total. The van der Waals surface area contributed by atoms with Crippen LogP contribution in [-0.4, -0.2) is 15.3 Å². The second kappa shape index (κ2) is 10.6. The summed E-state index contributed by atoms with van der Waals surface area (Å²) < 4.78 is 2.24. The third kappa shape index (κ3) is 4.26. The molecule has 0 saturated carbocycles. The number of nitrogens with zero attached hydrogens (tertiary/aromatic N) is 2. The molecule has 0 spiro atoms. The Bertz CT molecular complexity index is 1720. The van der Waals surface area contributed by atoms with E-state index in [0.29, 0.717) is 0 Å². The molecule has 0 fully saturated rings. The number of imidazole rings is 1. The molecule has 0 unspecified atom stereocenters. The van der Waals surface area contributed by atoms with Gasteiger partial charge in [-0.25, -0.2) is 4.98 Å². The highest BCUT2D eigenvalue weighted by atomic mass is 16.1. The average molecular weight is 519 g/mol. The van der Waals surface area contributed by atoms with Crippen molar-refractivity contribution in [2.24, 2.45) is 0 Å². The summed E-state index contributed by atoms with van der Waals surface area (Å²) in [5, 5.41) is 2.03. The first-order chi connectivity index (χ1) is 19.6. The van der Waals surface area contributed by atoms with Crippen molar-refractivity contribution in [3.63, 3.8) is 0 Å². The number of fused-ring (bicyclic) bond motifs is 1. The smallest absolute Gasteiger partial charge is 0.186 e. The fraction of sp³-hybridized carbons (Fsp3) is 0.0811. The predicted octanol–water partition coefficient (Wildman–Crippen LogP) is 8.39. The Morgan fingerprint density at radius 2 is 1.20 bits per heavy atom. The lowest BCUT2D eigenvalue weighted by atomic mass is 9.76. The average Bonchev–Trinajstić information content (AvgIpc) is 3.38. The highest BCUT2D eigenvalue weighted by Crippen LogP contribution is 2.42. The van der Waals surface area contributed by atoms with Gasteiger partial charge in [0.15, 0.2) is 5.78 Å². The Labute approximate surface area is 235 Å². The number of benzene rings is 5. The molecule has 6 aromatic rings. The second-order valence-corrected chi connectivity index (χ2v) is 10.1. The van der Waals surface area contributed by atoms with Crippen molar-refractivity contribution in [3.8, 4) is 0 Å². The normalized spacial score (nSPS) is 11.8. The molecule has 0 amide bonds. The maximum atomic E-state index is 13.5. The topological polar surface area (TPSA) is 34.9 Å². The summed E-state index contributed by atoms with van der Waals surface area (Å²) >= 11 is 0. The first-order valence-corrected chi connectivity index (χ1v) is 13.5. The number of carbonyl (C=O) groups excluding carboxylic acids is 1. The monoisotopic (exact) mass is 518 g/mol. The molecule has 0 saturated heterocycles. The Morgan fingerprint density at radius 3 is 1.77 bits per heavy atom. The Hall–Kier alpha value is -5.02. The van der Waals surface area contributed by atoms with Crippen molar-refractivity contribution < 1.29 is 4.79 Å². The van der Waals surface area contributed by atoms with Gasteiger partial charge in [-0.3, -0.25) is 4.79 Å². The van der Waals surface area contributed by atoms with Gasteiger partial charge < -0.3 is 4.57 Å². The molecule has 194 valence electrons. The van der Waals surface area contributed by atoms with E-state index in [0.717, 1.165) is 50.0 Å². The van der Waals surface area contributed by atoms with Gasteiger partial charge in [-0.15, -0.1) is 0 Å². The molecular formula is C37H30N2O. The van der Waals surface area contributed by atoms with Crippen LogP contribution in [0, 0.1) is 13.8 Å². The van der Waals surface area contributed by atoms with Crippen LogP contribution in [0.1, 0.15) is 44.0 Å². The summed E-state index contributed by atoms with van der Waals surface area (Å²) in [6.07, 6.45) is 5.40. The summed E-state index contributed by atoms with van der Waals surface area (Å²) in [7, 11) is 0. The van der Waals surface area contributed by atoms with Crippen LogP contribution in [0.15, 0.2) is 140 Å². The van der Waals surface area contributed by atoms with Crippen LogP contribution >= 0.6 is 0 Å². The van der Waals surface area contributed by atoms with Gasteiger partial charge in [0.2, 0.25) is 0 Å². The highest BCUT2D eigenvalue weighted by molar-refractivity contribution is 6.15. The number of rotatable bonds is 7. The number of ketones is 1. The van der Waals surface area contributed by atoms with E-state index in [1.54, 1.807) is 6.08 Å². The lowest BCUT2D eigenvalue weighted by Gasteiger charge is -2.38. The van der Waals surface area contributed by atoms with Gasteiger partial charge in [0.1, 0.15) is 5.54 Å². The first-order valence-electron chi connectivity index (χ1n) is 13.5. The third-order valence-corrected chi connectivity index (χ3v) is 7.76. The maximum absolute atomic E-state index is 13.5. The predicted molar refractivity (Wildman–Crippen MR) is 164 cm³/mol. The molecule has 1 aromatic heterocycles. The van der Waals surface area contributed by atoms with Crippen LogP contribution < -0.4 is 0 Å². The van der Waals surface area contributed by atoms with E-state index in [4.69, 9.17) is 4.98 Å². The molecule has 1 heterocycles. The van der Waals surface area contributed by atoms with Crippen LogP contribution in [0.2, 0.25) is 0 Å². The van der Waals surface area contributed by atoms with E-state index >= 15 is 0 Å². The number of carbonyl (C=O) groups is 1. The lowest BCUT2D eigenvalue weighted by molar-refractivity contribution is 0.104. The summed E-state index contributed by atoms with van der Waals surface area (Å²) in [5.41, 5.74) is 6.17.